The van der Waals surface area contributed by atoms with Crippen molar-refractivity contribution in [1.29, 1.82) is 0 Å². The normalized spacial score (nSPS) is 14.5. The Morgan fingerprint density at radius 2 is 1.89 bits per heavy atom. The minimum absolute atomic E-state index is 0.0667. The van der Waals surface area contributed by atoms with Crippen molar-refractivity contribution in [1.82, 2.24) is 34.3 Å². The van der Waals surface area contributed by atoms with Crippen LogP contribution in [0.15, 0.2) is 61.1 Å². The molecular formula is C26H24FN7O. The highest BCUT2D eigenvalue weighted by molar-refractivity contribution is 5.74. The fraction of sp³-hybridized carbons (Fsp3) is 0.231. The third-order valence-electron chi connectivity index (χ3n) is 6.45. The molecule has 0 unspecified atom stereocenters. The molecule has 1 saturated heterocycles. The van der Waals surface area contributed by atoms with Crippen LogP contribution in [0.25, 0.3) is 28.0 Å². The van der Waals surface area contributed by atoms with Gasteiger partial charge in [-0.05, 0) is 48.9 Å². The fourth-order valence-corrected chi connectivity index (χ4v) is 4.63. The van der Waals surface area contributed by atoms with Crippen molar-refractivity contribution < 1.29 is 9.50 Å². The van der Waals surface area contributed by atoms with Crippen molar-refractivity contribution in [3.8, 4) is 28.1 Å². The van der Waals surface area contributed by atoms with Crippen LogP contribution in [0.3, 0.4) is 0 Å². The summed E-state index contributed by atoms with van der Waals surface area (Å²) in [6.07, 6.45) is 5.53. The van der Waals surface area contributed by atoms with E-state index in [0.717, 1.165) is 36.7 Å². The van der Waals surface area contributed by atoms with Gasteiger partial charge in [0.1, 0.15) is 5.75 Å². The molecule has 1 aliphatic rings. The lowest BCUT2D eigenvalue weighted by molar-refractivity contribution is 0.134. The highest BCUT2D eigenvalue weighted by atomic mass is 19.1. The second-order valence-electron chi connectivity index (χ2n) is 9.14. The number of aryl methyl sites for hydroxylation is 2. The molecule has 0 amide bonds. The van der Waals surface area contributed by atoms with E-state index in [1.54, 1.807) is 28.9 Å². The minimum atomic E-state index is -0.407. The van der Waals surface area contributed by atoms with Crippen molar-refractivity contribution >= 4 is 5.65 Å². The van der Waals surface area contributed by atoms with Crippen molar-refractivity contribution in [2.75, 3.05) is 13.1 Å². The molecule has 1 aliphatic heterocycles. The monoisotopic (exact) mass is 469 g/mol. The number of halogens is 1. The molecule has 5 heterocycles. The highest BCUT2D eigenvalue weighted by Gasteiger charge is 2.29. The van der Waals surface area contributed by atoms with Gasteiger partial charge in [-0.25, -0.2) is 9.37 Å². The van der Waals surface area contributed by atoms with Gasteiger partial charge in [0.2, 0.25) is 0 Å². The molecule has 0 radical (unpaired) electrons. The fourth-order valence-electron chi connectivity index (χ4n) is 4.63. The van der Waals surface area contributed by atoms with E-state index in [9.17, 15) is 9.50 Å². The molecule has 0 atom stereocenters. The first-order valence-electron chi connectivity index (χ1n) is 11.5. The van der Waals surface area contributed by atoms with Gasteiger partial charge in [-0.2, -0.15) is 15.3 Å². The largest absolute Gasteiger partial charge is 0.507 e. The zero-order valence-electron chi connectivity index (χ0n) is 19.4. The van der Waals surface area contributed by atoms with Gasteiger partial charge in [-0.15, -0.1) is 0 Å². The summed E-state index contributed by atoms with van der Waals surface area (Å²) in [7, 11) is 1.92. The highest BCUT2D eigenvalue weighted by Crippen LogP contribution is 2.34. The van der Waals surface area contributed by atoms with E-state index in [1.165, 1.54) is 6.07 Å². The predicted octanol–water partition coefficient (Wildman–Crippen LogP) is 3.94. The summed E-state index contributed by atoms with van der Waals surface area (Å²) in [4.78, 5) is 6.52. The maximum Gasteiger partial charge on any atom is 0.173 e. The summed E-state index contributed by atoms with van der Waals surface area (Å²) in [5, 5.41) is 23.9. The number of pyridine rings is 1. The lowest BCUT2D eigenvalue weighted by Gasteiger charge is -2.38. The van der Waals surface area contributed by atoms with Crippen molar-refractivity contribution in [3.05, 3.63) is 84.0 Å². The second kappa shape index (κ2) is 8.28. The molecule has 0 saturated carbocycles. The van der Waals surface area contributed by atoms with Crippen LogP contribution in [0.1, 0.15) is 23.0 Å². The van der Waals surface area contributed by atoms with E-state index in [-0.39, 0.29) is 11.4 Å². The number of hydrogen-bond acceptors (Lipinski definition) is 6. The second-order valence-corrected chi connectivity index (χ2v) is 9.14. The molecule has 0 aliphatic carbocycles. The summed E-state index contributed by atoms with van der Waals surface area (Å²) < 4.78 is 18.0. The molecule has 0 spiro atoms. The maximum absolute atomic E-state index is 14.5. The number of aromatic nitrogens is 6. The Labute approximate surface area is 201 Å². The van der Waals surface area contributed by atoms with Gasteiger partial charge in [0.15, 0.2) is 11.5 Å². The quantitative estimate of drug-likeness (QED) is 0.420. The van der Waals surface area contributed by atoms with E-state index in [1.807, 2.05) is 49.1 Å². The first-order chi connectivity index (χ1) is 16.9. The van der Waals surface area contributed by atoms with Gasteiger partial charge in [0.05, 0.1) is 22.8 Å². The molecule has 1 N–H and O–H groups in total. The number of nitrogens with zero attached hydrogens (tertiary/aromatic N) is 7. The smallest absolute Gasteiger partial charge is 0.173 e. The van der Waals surface area contributed by atoms with Crippen molar-refractivity contribution in [3.63, 3.8) is 0 Å². The number of benzene rings is 1. The van der Waals surface area contributed by atoms with Gasteiger partial charge in [0.25, 0.3) is 0 Å². The van der Waals surface area contributed by atoms with Crippen molar-refractivity contribution in [2.45, 2.75) is 19.4 Å². The van der Waals surface area contributed by atoms with E-state index >= 15 is 0 Å². The summed E-state index contributed by atoms with van der Waals surface area (Å²) in [6.45, 7) is 4.49. The number of aromatic hydroxyl groups is 1. The standard InChI is InChI=1S/C26H24FN7O/c1-16-11-34-14-18(9-22(27)26(34)28-16)17-3-4-21(25(35)10-17)24-6-5-23(29-30-24)19-12-33(13-19)15-20-7-8-32(2)31-20/h3-11,14,19,35H,12-13,15H2,1-2H3. The summed E-state index contributed by atoms with van der Waals surface area (Å²) in [5.41, 5.74) is 5.56. The molecule has 8 nitrogen and oxygen atoms in total. The Kier molecular flexibility index (Phi) is 5.07. The maximum atomic E-state index is 14.5. The molecule has 1 fully saturated rings. The lowest BCUT2D eigenvalue weighted by atomic mass is 9.95. The Morgan fingerprint density at radius 3 is 2.60 bits per heavy atom. The number of likely N-dealkylation sites (tertiary alicyclic amines) is 1. The molecule has 5 aromatic rings. The summed E-state index contributed by atoms with van der Waals surface area (Å²) in [6, 6.07) is 12.6. The summed E-state index contributed by atoms with van der Waals surface area (Å²) in [5.74, 6) is 0.000113. The number of rotatable bonds is 5. The Morgan fingerprint density at radius 1 is 1.03 bits per heavy atom. The number of imidazole rings is 1. The van der Waals surface area contributed by atoms with Crippen LogP contribution in [0, 0.1) is 12.7 Å². The van der Waals surface area contributed by atoms with Crippen molar-refractivity contribution in [2.24, 2.45) is 7.05 Å². The molecule has 9 heteroatoms. The molecule has 176 valence electrons. The molecule has 6 rings (SSSR count). The minimum Gasteiger partial charge on any atom is -0.507 e. The third-order valence-corrected chi connectivity index (χ3v) is 6.45. The Hall–Kier alpha value is -4.11. The van der Waals surface area contributed by atoms with Crippen LogP contribution in [-0.4, -0.2) is 52.5 Å². The molecule has 35 heavy (non-hydrogen) atoms. The zero-order chi connectivity index (χ0) is 24.1. The van der Waals surface area contributed by atoms with Gasteiger partial charge >= 0.3 is 0 Å². The van der Waals surface area contributed by atoms with E-state index < -0.39 is 5.82 Å². The molecular weight excluding hydrogens is 445 g/mol. The zero-order valence-corrected chi connectivity index (χ0v) is 19.4. The van der Waals surface area contributed by atoms with E-state index in [4.69, 9.17) is 0 Å². The van der Waals surface area contributed by atoms with Gasteiger partial charge in [-0.1, -0.05) is 6.07 Å². The van der Waals surface area contributed by atoms with Crippen LogP contribution in [0.5, 0.6) is 5.75 Å². The average molecular weight is 470 g/mol. The molecule has 1 aromatic carbocycles. The van der Waals surface area contributed by atoms with Crippen LogP contribution in [0.2, 0.25) is 0 Å². The first kappa shape index (κ1) is 21.4. The van der Waals surface area contributed by atoms with Crippen LogP contribution in [0.4, 0.5) is 4.39 Å². The Bertz CT molecular complexity index is 1530. The Balaban J connectivity index is 1.17. The first-order valence-corrected chi connectivity index (χ1v) is 11.5. The van der Waals surface area contributed by atoms with E-state index in [0.29, 0.717) is 28.3 Å². The van der Waals surface area contributed by atoms with Gasteiger partial charge < -0.3 is 9.51 Å². The number of fused-ring (bicyclic) bond motifs is 1. The number of phenols is 1. The number of phenolic OH excluding ortho intramolecular Hbond substituents is 1. The SMILES string of the molecule is Cc1cn2cc(-c3ccc(-c4ccc(C5CN(Cc6ccn(C)n6)C5)nn4)c(O)c3)cc(F)c2n1. The average Bonchev–Trinajstić information content (AvgIpc) is 3.40. The van der Waals surface area contributed by atoms with Crippen LogP contribution >= 0.6 is 0 Å². The van der Waals surface area contributed by atoms with Crippen LogP contribution in [-0.2, 0) is 13.6 Å². The molecule has 0 bridgehead atoms. The molecule has 4 aromatic heterocycles. The van der Waals surface area contributed by atoms with Crippen LogP contribution < -0.4 is 0 Å². The summed E-state index contributed by atoms with van der Waals surface area (Å²) >= 11 is 0. The van der Waals surface area contributed by atoms with E-state index in [2.05, 4.69) is 25.2 Å². The lowest BCUT2D eigenvalue weighted by Crippen LogP contribution is -2.44. The topological polar surface area (TPSA) is 84.4 Å². The number of hydrogen-bond donors (Lipinski definition) is 1. The van der Waals surface area contributed by atoms with Gasteiger partial charge in [0, 0.05) is 62.3 Å². The third kappa shape index (κ3) is 4.04. The van der Waals surface area contributed by atoms with Gasteiger partial charge in [-0.3, -0.25) is 9.58 Å². The predicted molar refractivity (Wildman–Crippen MR) is 129 cm³/mol.